The van der Waals surface area contributed by atoms with E-state index in [0.717, 1.165) is 59.3 Å². The van der Waals surface area contributed by atoms with Crippen LogP contribution in [-0.4, -0.2) is 44.4 Å². The van der Waals surface area contributed by atoms with E-state index in [2.05, 4.69) is 34.5 Å². The highest BCUT2D eigenvalue weighted by Crippen LogP contribution is 2.45. The second-order valence-corrected chi connectivity index (χ2v) is 11.3. The SMILES string of the molecule is O=C(Cn1nc(C(F)(F)F)cc1Cl)N1CCC(c2nc(C3=NO[C@]4(CCCc5ccccc54)C3)cs2)CC1. The molecule has 4 heterocycles. The van der Waals surface area contributed by atoms with Crippen molar-refractivity contribution in [3.8, 4) is 0 Å². The van der Waals surface area contributed by atoms with Gasteiger partial charge in [-0.25, -0.2) is 9.67 Å². The maximum absolute atomic E-state index is 12.9. The molecule has 3 aromatic rings. The van der Waals surface area contributed by atoms with Crippen molar-refractivity contribution >= 4 is 34.6 Å². The van der Waals surface area contributed by atoms with E-state index in [1.807, 2.05) is 5.38 Å². The molecule has 1 aliphatic carbocycles. The van der Waals surface area contributed by atoms with Crippen LogP contribution >= 0.6 is 22.9 Å². The average Bonchev–Trinajstić information content (AvgIpc) is 3.64. The summed E-state index contributed by atoms with van der Waals surface area (Å²) >= 11 is 7.46. The van der Waals surface area contributed by atoms with Gasteiger partial charge in [-0.2, -0.15) is 18.3 Å². The molecule has 0 unspecified atom stereocenters. The number of piperidine rings is 1. The van der Waals surface area contributed by atoms with Gasteiger partial charge < -0.3 is 9.74 Å². The Kier molecular flexibility index (Phi) is 6.46. The number of oxime groups is 1. The molecule has 0 saturated carbocycles. The smallest absolute Gasteiger partial charge is 0.384 e. The van der Waals surface area contributed by atoms with E-state index in [0.29, 0.717) is 19.5 Å². The minimum absolute atomic E-state index is 0.204. The first kappa shape index (κ1) is 25.4. The van der Waals surface area contributed by atoms with Crippen molar-refractivity contribution in [1.82, 2.24) is 19.7 Å². The number of thiazole rings is 1. The molecule has 2 aliphatic heterocycles. The third-order valence-corrected chi connectivity index (χ3v) is 8.95. The summed E-state index contributed by atoms with van der Waals surface area (Å²) in [6, 6.07) is 9.16. The number of rotatable bonds is 4. The Bertz CT molecular complexity index is 1400. The number of fused-ring (bicyclic) bond motifs is 2. The number of benzene rings is 1. The van der Waals surface area contributed by atoms with Crippen LogP contribution in [0.15, 0.2) is 40.9 Å². The molecule has 200 valence electrons. The number of alkyl halides is 3. The number of likely N-dealkylation sites (tertiary alicyclic amines) is 1. The molecule has 1 amide bonds. The van der Waals surface area contributed by atoms with Crippen LogP contribution in [0.3, 0.4) is 0 Å². The topological polar surface area (TPSA) is 72.6 Å². The second-order valence-electron chi connectivity index (χ2n) is 10.0. The van der Waals surface area contributed by atoms with Gasteiger partial charge in [-0.15, -0.1) is 11.3 Å². The third-order valence-electron chi connectivity index (χ3n) is 7.64. The second kappa shape index (κ2) is 9.68. The number of carbonyl (C=O) groups excluding carboxylic acids is 1. The zero-order valence-corrected chi connectivity index (χ0v) is 22.0. The fourth-order valence-corrected chi connectivity index (χ4v) is 6.83. The summed E-state index contributed by atoms with van der Waals surface area (Å²) in [5, 5.41) is 10.7. The fourth-order valence-electron chi connectivity index (χ4n) is 5.63. The Balaban J connectivity index is 1.06. The quantitative estimate of drug-likeness (QED) is 0.404. The summed E-state index contributed by atoms with van der Waals surface area (Å²) in [6.45, 7) is 0.659. The van der Waals surface area contributed by atoms with Crippen LogP contribution in [0.4, 0.5) is 13.2 Å². The van der Waals surface area contributed by atoms with Crippen molar-refractivity contribution in [1.29, 1.82) is 0 Å². The number of halogens is 4. The number of carbonyl (C=O) groups is 1. The van der Waals surface area contributed by atoms with Gasteiger partial charge in [0, 0.05) is 42.4 Å². The van der Waals surface area contributed by atoms with Crippen LogP contribution in [0.25, 0.3) is 0 Å². The number of amides is 1. The fraction of sp³-hybridized carbons (Fsp3) is 0.462. The molecule has 1 spiro atoms. The Morgan fingerprint density at radius 1 is 1.24 bits per heavy atom. The van der Waals surface area contributed by atoms with Crippen LogP contribution in [0.1, 0.15) is 65.5 Å². The van der Waals surface area contributed by atoms with Gasteiger partial charge in [-0.05, 0) is 37.7 Å². The molecule has 3 aliphatic rings. The van der Waals surface area contributed by atoms with E-state index in [-0.39, 0.29) is 23.5 Å². The first-order valence-corrected chi connectivity index (χ1v) is 13.9. The highest BCUT2D eigenvalue weighted by Gasteiger charge is 2.44. The molecule has 1 atom stereocenters. The summed E-state index contributed by atoms with van der Waals surface area (Å²) in [6.07, 6.45) is 0.589. The molecule has 0 N–H and O–H groups in total. The van der Waals surface area contributed by atoms with E-state index >= 15 is 0 Å². The summed E-state index contributed by atoms with van der Waals surface area (Å²) in [4.78, 5) is 25.3. The van der Waals surface area contributed by atoms with E-state index in [4.69, 9.17) is 21.4 Å². The predicted octanol–water partition coefficient (Wildman–Crippen LogP) is 5.77. The van der Waals surface area contributed by atoms with Crippen molar-refractivity contribution in [3.05, 3.63) is 68.4 Å². The van der Waals surface area contributed by atoms with Crippen LogP contribution in [0.2, 0.25) is 5.15 Å². The van der Waals surface area contributed by atoms with Crippen LogP contribution in [0, 0.1) is 0 Å². The van der Waals surface area contributed by atoms with Crippen molar-refractivity contribution in [2.75, 3.05) is 13.1 Å². The van der Waals surface area contributed by atoms with Crippen LogP contribution < -0.4 is 0 Å². The lowest BCUT2D eigenvalue weighted by Crippen LogP contribution is -2.40. The summed E-state index contributed by atoms with van der Waals surface area (Å²) in [5.41, 5.74) is 2.75. The largest absolute Gasteiger partial charge is 0.435 e. The lowest BCUT2D eigenvalue weighted by atomic mass is 9.76. The predicted molar refractivity (Wildman–Crippen MR) is 136 cm³/mol. The summed E-state index contributed by atoms with van der Waals surface area (Å²) in [7, 11) is 0. The Labute approximate surface area is 226 Å². The number of aryl methyl sites for hydroxylation is 1. The molecule has 1 fully saturated rings. The molecule has 7 nitrogen and oxygen atoms in total. The molecule has 12 heteroatoms. The maximum Gasteiger partial charge on any atom is 0.435 e. The molecular formula is C26H25ClF3N5O2S. The number of hydrogen-bond acceptors (Lipinski definition) is 6. The van der Waals surface area contributed by atoms with Gasteiger partial charge in [0.15, 0.2) is 11.3 Å². The maximum atomic E-state index is 12.9. The van der Waals surface area contributed by atoms with E-state index in [1.54, 1.807) is 16.2 Å². The monoisotopic (exact) mass is 563 g/mol. The molecule has 0 radical (unpaired) electrons. The number of hydrogen-bond donors (Lipinski definition) is 0. The molecule has 6 rings (SSSR count). The molecule has 0 bridgehead atoms. The van der Waals surface area contributed by atoms with Gasteiger partial charge in [0.1, 0.15) is 17.4 Å². The van der Waals surface area contributed by atoms with E-state index in [1.165, 1.54) is 11.1 Å². The normalized spacial score (nSPS) is 21.9. The van der Waals surface area contributed by atoms with Gasteiger partial charge >= 0.3 is 6.18 Å². The lowest BCUT2D eigenvalue weighted by molar-refractivity contribution is -0.142. The zero-order chi connectivity index (χ0) is 26.5. The number of nitrogens with zero attached hydrogens (tertiary/aromatic N) is 5. The van der Waals surface area contributed by atoms with Gasteiger partial charge in [0.2, 0.25) is 5.91 Å². The Morgan fingerprint density at radius 2 is 2.03 bits per heavy atom. The lowest BCUT2D eigenvalue weighted by Gasteiger charge is -2.33. The van der Waals surface area contributed by atoms with Crippen LogP contribution in [-0.2, 0) is 34.4 Å². The van der Waals surface area contributed by atoms with Crippen molar-refractivity contribution < 1.29 is 22.8 Å². The van der Waals surface area contributed by atoms with E-state index < -0.39 is 17.5 Å². The van der Waals surface area contributed by atoms with Crippen molar-refractivity contribution in [2.45, 2.75) is 62.8 Å². The van der Waals surface area contributed by atoms with Gasteiger partial charge in [0.25, 0.3) is 0 Å². The van der Waals surface area contributed by atoms with Gasteiger partial charge in [-0.3, -0.25) is 4.79 Å². The Hall–Kier alpha value is -2.92. The first-order valence-electron chi connectivity index (χ1n) is 12.6. The minimum atomic E-state index is -4.61. The molecular weight excluding hydrogens is 539 g/mol. The van der Waals surface area contributed by atoms with Crippen molar-refractivity contribution in [3.63, 3.8) is 0 Å². The standard InChI is InChI=1S/C26H25ClF3N5O2S/c27-22-12-21(26(28,29)30)32-35(22)14-23(36)34-10-7-17(8-11-34)24-31-20(15-38-24)19-13-25(37-33-19)9-3-5-16-4-1-2-6-18(16)25/h1-2,4,6,12,15,17H,3,5,7-11,13-14H2/t25-/m1/s1. The summed E-state index contributed by atoms with van der Waals surface area (Å²) < 4.78 is 39.5. The first-order chi connectivity index (χ1) is 18.2. The van der Waals surface area contributed by atoms with Crippen LogP contribution in [0.5, 0.6) is 0 Å². The average molecular weight is 564 g/mol. The molecule has 38 heavy (non-hydrogen) atoms. The highest BCUT2D eigenvalue weighted by molar-refractivity contribution is 7.10. The molecule has 1 aromatic carbocycles. The highest BCUT2D eigenvalue weighted by atomic mass is 35.5. The zero-order valence-electron chi connectivity index (χ0n) is 20.4. The summed E-state index contributed by atoms with van der Waals surface area (Å²) in [5.74, 6) is -0.104. The minimum Gasteiger partial charge on any atom is -0.384 e. The van der Waals surface area contributed by atoms with E-state index in [9.17, 15) is 18.0 Å². The van der Waals surface area contributed by atoms with Gasteiger partial charge in [0.05, 0.1) is 10.7 Å². The van der Waals surface area contributed by atoms with Gasteiger partial charge in [-0.1, -0.05) is 41.0 Å². The molecule has 1 saturated heterocycles. The Morgan fingerprint density at radius 3 is 2.79 bits per heavy atom. The molecule has 2 aromatic heterocycles. The third kappa shape index (κ3) is 4.70. The number of aromatic nitrogens is 3. The van der Waals surface area contributed by atoms with Crippen molar-refractivity contribution in [2.24, 2.45) is 5.16 Å².